The lowest BCUT2D eigenvalue weighted by Gasteiger charge is -2.39. The van der Waals surface area contributed by atoms with Crippen molar-refractivity contribution < 1.29 is 14.6 Å². The maximum absolute atomic E-state index is 12.9. The Balaban J connectivity index is 1.28. The van der Waals surface area contributed by atoms with Crippen molar-refractivity contribution in [2.24, 2.45) is 7.05 Å². The zero-order chi connectivity index (χ0) is 25.7. The van der Waals surface area contributed by atoms with Crippen LogP contribution in [-0.2, 0) is 18.3 Å². The van der Waals surface area contributed by atoms with Crippen molar-refractivity contribution in [2.75, 3.05) is 29.9 Å². The number of aryl methyl sites for hydroxylation is 1. The van der Waals surface area contributed by atoms with Crippen LogP contribution in [0.3, 0.4) is 0 Å². The van der Waals surface area contributed by atoms with Crippen molar-refractivity contribution in [3.05, 3.63) is 60.2 Å². The first kappa shape index (κ1) is 23.4. The molecule has 4 aromatic rings. The molecule has 0 bridgehead atoms. The van der Waals surface area contributed by atoms with Crippen LogP contribution in [0, 0.1) is 0 Å². The molecule has 1 aromatic carbocycles. The van der Waals surface area contributed by atoms with Gasteiger partial charge in [0.2, 0.25) is 0 Å². The van der Waals surface area contributed by atoms with Gasteiger partial charge in [-0.1, -0.05) is 6.07 Å². The Kier molecular flexibility index (Phi) is 5.58. The van der Waals surface area contributed by atoms with E-state index in [-0.39, 0.29) is 12.0 Å². The van der Waals surface area contributed by atoms with Crippen molar-refractivity contribution in [3.8, 4) is 11.3 Å². The van der Waals surface area contributed by atoms with Gasteiger partial charge in [-0.25, -0.2) is 15.0 Å². The second-order valence-electron chi connectivity index (χ2n) is 10.1. The number of ether oxygens (including phenoxy) is 1. The average Bonchev–Trinajstić information content (AvgIpc) is 3.47. The van der Waals surface area contributed by atoms with Gasteiger partial charge in [-0.05, 0) is 43.7 Å². The molecule has 3 N–H and O–H groups in total. The van der Waals surface area contributed by atoms with Gasteiger partial charge in [0.1, 0.15) is 23.9 Å². The van der Waals surface area contributed by atoms with Crippen molar-refractivity contribution in [1.82, 2.24) is 24.8 Å². The fourth-order valence-corrected chi connectivity index (χ4v) is 5.06. The smallest absolute Gasteiger partial charge is 0.254 e. The maximum atomic E-state index is 12.9. The quantitative estimate of drug-likeness (QED) is 0.384. The topological polar surface area (TPSA) is 117 Å². The van der Waals surface area contributed by atoms with Crippen LogP contribution in [0.15, 0.2) is 49.1 Å². The number of fused-ring (bicyclic) bond motifs is 2. The largest absolute Gasteiger partial charge is 0.388 e. The Morgan fingerprint density at radius 1 is 1.16 bits per heavy atom. The van der Waals surface area contributed by atoms with Gasteiger partial charge >= 0.3 is 0 Å². The molecule has 1 amide bonds. The van der Waals surface area contributed by atoms with E-state index in [2.05, 4.69) is 30.5 Å². The van der Waals surface area contributed by atoms with Crippen LogP contribution in [0.2, 0.25) is 0 Å². The number of morpholine rings is 1. The number of nitrogens with one attached hydrogen (secondary N) is 2. The van der Waals surface area contributed by atoms with Crippen molar-refractivity contribution in [1.29, 1.82) is 0 Å². The average molecular weight is 500 g/mol. The van der Waals surface area contributed by atoms with Gasteiger partial charge in [0.15, 0.2) is 0 Å². The third-order valence-corrected chi connectivity index (χ3v) is 7.11. The Labute approximate surface area is 214 Å². The highest BCUT2D eigenvalue weighted by atomic mass is 16.5. The molecule has 1 fully saturated rings. The van der Waals surface area contributed by atoms with Gasteiger partial charge in [0.05, 0.1) is 41.0 Å². The van der Waals surface area contributed by atoms with E-state index in [0.717, 1.165) is 40.1 Å². The highest BCUT2D eigenvalue weighted by molar-refractivity contribution is 6.07. The highest BCUT2D eigenvalue weighted by Crippen LogP contribution is 2.36. The normalized spacial score (nSPS) is 17.7. The molecule has 5 heterocycles. The van der Waals surface area contributed by atoms with E-state index in [0.29, 0.717) is 36.8 Å². The van der Waals surface area contributed by atoms with E-state index in [1.165, 1.54) is 0 Å². The van der Waals surface area contributed by atoms with E-state index in [1.807, 2.05) is 48.1 Å². The number of aliphatic hydroxyl groups is 1. The monoisotopic (exact) mass is 499 g/mol. The number of anilines is 3. The zero-order valence-corrected chi connectivity index (χ0v) is 21.0. The molecule has 2 aliphatic rings. The van der Waals surface area contributed by atoms with Crippen molar-refractivity contribution >= 4 is 34.1 Å². The summed E-state index contributed by atoms with van der Waals surface area (Å²) in [6.07, 6.45) is 5.05. The first-order valence-corrected chi connectivity index (χ1v) is 12.3. The standard InChI is InChI=1S/C27H29N7O3/c1-27(2,36)21-14-34(10-11-37-21)16-4-7-22(28-12-16)32-20-6-5-17(19-13-29-26(35)23(19)20)24-18-8-9-33(3)25(18)31-15-30-24/h4-9,12,15,21,36H,10-11,13-14H2,1-3H3,(H,28,32)(H,29,35)/t21-/m0/s1. The van der Waals surface area contributed by atoms with Crippen LogP contribution >= 0.6 is 0 Å². The Bertz CT molecular complexity index is 1490. The highest BCUT2D eigenvalue weighted by Gasteiger charge is 2.33. The van der Waals surface area contributed by atoms with Gasteiger partial charge in [-0.3, -0.25) is 4.79 Å². The summed E-state index contributed by atoms with van der Waals surface area (Å²) in [5.74, 6) is 0.512. The molecule has 0 unspecified atom stereocenters. The van der Waals surface area contributed by atoms with Crippen LogP contribution < -0.4 is 15.5 Å². The maximum Gasteiger partial charge on any atom is 0.254 e. The van der Waals surface area contributed by atoms with Crippen molar-refractivity contribution in [2.45, 2.75) is 32.1 Å². The number of benzene rings is 1. The third kappa shape index (κ3) is 4.17. The molecule has 10 nitrogen and oxygen atoms in total. The third-order valence-electron chi connectivity index (χ3n) is 7.11. The molecular weight excluding hydrogens is 470 g/mol. The van der Waals surface area contributed by atoms with E-state index in [1.54, 1.807) is 26.4 Å². The minimum absolute atomic E-state index is 0.125. The number of carbonyl (C=O) groups is 1. The Hall–Kier alpha value is -4.02. The number of hydrogen-bond acceptors (Lipinski definition) is 8. The summed E-state index contributed by atoms with van der Waals surface area (Å²) >= 11 is 0. The second kappa shape index (κ2) is 8.82. The Morgan fingerprint density at radius 3 is 2.81 bits per heavy atom. The molecule has 3 aromatic heterocycles. The zero-order valence-electron chi connectivity index (χ0n) is 21.0. The number of carbonyl (C=O) groups excluding carboxylic acids is 1. The predicted molar refractivity (Wildman–Crippen MR) is 141 cm³/mol. The number of aromatic nitrogens is 4. The molecule has 2 aliphatic heterocycles. The molecule has 1 atom stereocenters. The summed E-state index contributed by atoms with van der Waals surface area (Å²) in [6, 6.07) is 9.78. The lowest BCUT2D eigenvalue weighted by molar-refractivity contribution is -0.0928. The predicted octanol–water partition coefficient (Wildman–Crippen LogP) is 2.99. The molecule has 6 rings (SSSR count). The summed E-state index contributed by atoms with van der Waals surface area (Å²) in [5, 5.41) is 17.6. The molecular formula is C27H29N7O3. The number of nitrogens with zero attached hydrogens (tertiary/aromatic N) is 5. The molecule has 0 aliphatic carbocycles. The van der Waals surface area contributed by atoms with Gasteiger partial charge in [-0.15, -0.1) is 0 Å². The molecule has 10 heteroatoms. The van der Waals surface area contributed by atoms with Gasteiger partial charge < -0.3 is 29.9 Å². The van der Waals surface area contributed by atoms with Gasteiger partial charge in [0, 0.05) is 43.8 Å². The lowest BCUT2D eigenvalue weighted by Crippen LogP contribution is -2.52. The second-order valence-corrected chi connectivity index (χ2v) is 10.1. The minimum atomic E-state index is -0.918. The molecule has 37 heavy (non-hydrogen) atoms. The van der Waals surface area contributed by atoms with Crippen LogP contribution in [0.1, 0.15) is 29.8 Å². The molecule has 0 spiro atoms. The fraction of sp³-hybridized carbons (Fsp3) is 0.333. The Morgan fingerprint density at radius 2 is 2.03 bits per heavy atom. The van der Waals surface area contributed by atoms with Gasteiger partial charge in [-0.2, -0.15) is 0 Å². The molecule has 0 radical (unpaired) electrons. The first-order chi connectivity index (χ1) is 17.8. The van der Waals surface area contributed by atoms with E-state index in [9.17, 15) is 9.90 Å². The summed E-state index contributed by atoms with van der Waals surface area (Å²) in [6.45, 7) is 5.82. The van der Waals surface area contributed by atoms with E-state index >= 15 is 0 Å². The summed E-state index contributed by atoms with van der Waals surface area (Å²) < 4.78 is 7.70. The SMILES string of the molecule is Cn1ccc2c(-c3ccc(Nc4ccc(N5CCO[C@H](C(C)(C)O)C5)cn4)c4c3CNC4=O)ncnc21. The number of hydrogen-bond donors (Lipinski definition) is 3. The minimum Gasteiger partial charge on any atom is -0.388 e. The molecule has 1 saturated heterocycles. The lowest BCUT2D eigenvalue weighted by atomic mass is 9.97. The summed E-state index contributed by atoms with van der Waals surface area (Å²) in [5.41, 5.74) is 4.80. The van der Waals surface area contributed by atoms with Crippen molar-refractivity contribution in [3.63, 3.8) is 0 Å². The van der Waals surface area contributed by atoms with Crippen LogP contribution in [-0.4, -0.2) is 61.9 Å². The van der Waals surface area contributed by atoms with E-state index in [4.69, 9.17) is 4.74 Å². The van der Waals surface area contributed by atoms with Crippen LogP contribution in [0.25, 0.3) is 22.3 Å². The van der Waals surface area contributed by atoms with Crippen LogP contribution in [0.4, 0.5) is 17.2 Å². The number of amides is 1. The van der Waals surface area contributed by atoms with E-state index < -0.39 is 5.60 Å². The summed E-state index contributed by atoms with van der Waals surface area (Å²) in [4.78, 5) is 28.6. The molecule has 0 saturated carbocycles. The van der Waals surface area contributed by atoms with Gasteiger partial charge in [0.25, 0.3) is 5.91 Å². The fourth-order valence-electron chi connectivity index (χ4n) is 5.06. The molecule has 190 valence electrons. The number of rotatable bonds is 5. The summed E-state index contributed by atoms with van der Waals surface area (Å²) in [7, 11) is 1.95. The van der Waals surface area contributed by atoms with Crippen LogP contribution in [0.5, 0.6) is 0 Å². The number of pyridine rings is 1. The first-order valence-electron chi connectivity index (χ1n) is 12.3.